The summed E-state index contributed by atoms with van der Waals surface area (Å²) in [5.74, 6) is -1.14. The van der Waals surface area contributed by atoms with Crippen LogP contribution in [-0.2, 0) is 0 Å². The Morgan fingerprint density at radius 2 is 1.38 bits per heavy atom. The number of benzene rings is 3. The number of aromatic carboxylic acids is 1. The summed E-state index contributed by atoms with van der Waals surface area (Å²) in [5, 5.41) is 12.1. The summed E-state index contributed by atoms with van der Waals surface area (Å²) in [6, 6.07) is 19.8. The third-order valence-corrected chi connectivity index (χ3v) is 4.44. The molecule has 0 saturated carbocycles. The molecule has 0 aliphatic carbocycles. The molecular formula is C23H19NO5. The van der Waals surface area contributed by atoms with Crippen molar-refractivity contribution in [1.82, 2.24) is 5.32 Å². The molecular weight excluding hydrogens is 370 g/mol. The Bertz CT molecular complexity index is 1060. The van der Waals surface area contributed by atoms with Crippen LogP contribution in [0.1, 0.15) is 31.1 Å². The highest BCUT2D eigenvalue weighted by Crippen LogP contribution is 2.27. The smallest absolute Gasteiger partial charge is 0.336 e. The Balaban J connectivity index is 1.80. The third-order valence-electron chi connectivity index (χ3n) is 4.44. The van der Waals surface area contributed by atoms with Crippen LogP contribution in [0.4, 0.5) is 0 Å². The zero-order valence-electron chi connectivity index (χ0n) is 15.7. The highest BCUT2D eigenvalue weighted by molar-refractivity contribution is 6.06. The number of carboxylic acids is 1. The van der Waals surface area contributed by atoms with Gasteiger partial charge in [-0.25, -0.2) is 4.79 Å². The van der Waals surface area contributed by atoms with Gasteiger partial charge in [-0.05, 0) is 47.5 Å². The van der Waals surface area contributed by atoms with Crippen LogP contribution >= 0.6 is 0 Å². The minimum Gasteiger partial charge on any atom is -0.497 e. The number of methoxy groups -OCH3 is 1. The molecule has 0 aromatic heterocycles. The fourth-order valence-corrected chi connectivity index (χ4v) is 2.96. The van der Waals surface area contributed by atoms with E-state index in [4.69, 9.17) is 4.74 Å². The summed E-state index contributed by atoms with van der Waals surface area (Å²) in [5.41, 5.74) is 1.77. The molecule has 0 saturated heterocycles. The first-order chi connectivity index (χ1) is 14.0. The Kier molecular flexibility index (Phi) is 6.04. The van der Waals surface area contributed by atoms with E-state index in [-0.39, 0.29) is 17.9 Å². The van der Waals surface area contributed by atoms with Gasteiger partial charge in [0, 0.05) is 11.1 Å². The molecule has 0 radical (unpaired) electrons. The molecule has 6 heteroatoms. The monoisotopic (exact) mass is 389 g/mol. The van der Waals surface area contributed by atoms with Crippen LogP contribution in [0.25, 0.3) is 11.1 Å². The molecule has 0 spiro atoms. The number of ether oxygens (including phenoxy) is 1. The van der Waals surface area contributed by atoms with Crippen molar-refractivity contribution in [2.45, 2.75) is 0 Å². The Hall–Kier alpha value is -3.93. The van der Waals surface area contributed by atoms with E-state index in [1.54, 1.807) is 66.7 Å². The average Bonchev–Trinajstić information content (AvgIpc) is 2.77. The summed E-state index contributed by atoms with van der Waals surface area (Å²) >= 11 is 0. The number of Topliss-reactive ketones (excluding diaryl/α,β-unsaturated/α-hetero) is 1. The van der Waals surface area contributed by atoms with Crippen molar-refractivity contribution in [1.29, 1.82) is 0 Å². The van der Waals surface area contributed by atoms with Crippen molar-refractivity contribution in [2.75, 3.05) is 13.7 Å². The maximum Gasteiger partial charge on any atom is 0.336 e. The fraction of sp³-hybridized carbons (Fsp3) is 0.0870. The minimum atomic E-state index is -1.08. The van der Waals surface area contributed by atoms with Gasteiger partial charge >= 0.3 is 5.97 Å². The molecule has 3 aromatic rings. The number of rotatable bonds is 7. The van der Waals surface area contributed by atoms with E-state index in [2.05, 4.69) is 5.32 Å². The lowest BCUT2D eigenvalue weighted by molar-refractivity contribution is 0.0697. The first-order valence-electron chi connectivity index (χ1n) is 8.88. The molecule has 0 aliphatic heterocycles. The zero-order chi connectivity index (χ0) is 20.8. The van der Waals surface area contributed by atoms with Crippen molar-refractivity contribution in [3.05, 3.63) is 89.5 Å². The maximum atomic E-state index is 12.7. The zero-order valence-corrected chi connectivity index (χ0v) is 15.7. The summed E-state index contributed by atoms with van der Waals surface area (Å²) in [4.78, 5) is 36.6. The quantitative estimate of drug-likeness (QED) is 0.602. The molecule has 0 fully saturated rings. The van der Waals surface area contributed by atoms with Gasteiger partial charge in [-0.15, -0.1) is 0 Å². The molecule has 3 rings (SSSR count). The van der Waals surface area contributed by atoms with E-state index in [9.17, 15) is 19.5 Å². The van der Waals surface area contributed by atoms with E-state index in [0.29, 0.717) is 28.0 Å². The van der Waals surface area contributed by atoms with Crippen LogP contribution in [0.5, 0.6) is 5.75 Å². The van der Waals surface area contributed by atoms with Crippen LogP contribution < -0.4 is 10.1 Å². The van der Waals surface area contributed by atoms with E-state index in [1.165, 1.54) is 13.2 Å². The Morgan fingerprint density at radius 1 is 0.828 bits per heavy atom. The van der Waals surface area contributed by atoms with Gasteiger partial charge in [0.2, 0.25) is 0 Å². The van der Waals surface area contributed by atoms with Gasteiger partial charge in [0.05, 0.1) is 19.2 Å². The van der Waals surface area contributed by atoms with Crippen molar-refractivity contribution in [2.24, 2.45) is 0 Å². The number of hydrogen-bond donors (Lipinski definition) is 2. The van der Waals surface area contributed by atoms with E-state index < -0.39 is 11.9 Å². The highest BCUT2D eigenvalue weighted by atomic mass is 16.5. The topological polar surface area (TPSA) is 92.7 Å². The number of nitrogens with one attached hydrogen (secondary N) is 1. The first kappa shape index (κ1) is 19.8. The Morgan fingerprint density at radius 3 is 1.97 bits per heavy atom. The fourth-order valence-electron chi connectivity index (χ4n) is 2.96. The summed E-state index contributed by atoms with van der Waals surface area (Å²) in [6.07, 6.45) is 0. The minimum absolute atomic E-state index is 0.0991. The molecule has 0 atom stereocenters. The lowest BCUT2D eigenvalue weighted by Crippen LogP contribution is -2.30. The van der Waals surface area contributed by atoms with Crippen molar-refractivity contribution < 1.29 is 24.2 Å². The van der Waals surface area contributed by atoms with E-state index >= 15 is 0 Å². The van der Waals surface area contributed by atoms with Gasteiger partial charge in [0.15, 0.2) is 5.78 Å². The third kappa shape index (κ3) is 4.50. The van der Waals surface area contributed by atoms with Gasteiger partial charge < -0.3 is 15.2 Å². The van der Waals surface area contributed by atoms with Gasteiger partial charge in [-0.2, -0.15) is 0 Å². The average molecular weight is 389 g/mol. The van der Waals surface area contributed by atoms with Crippen LogP contribution in [0.3, 0.4) is 0 Å². The number of carbonyl (C=O) groups is 3. The van der Waals surface area contributed by atoms with Crippen LogP contribution in [-0.4, -0.2) is 36.4 Å². The van der Waals surface area contributed by atoms with Crippen LogP contribution in [0.2, 0.25) is 0 Å². The second kappa shape index (κ2) is 8.84. The number of carbonyl (C=O) groups excluding carboxylic acids is 2. The molecule has 0 heterocycles. The molecule has 0 bridgehead atoms. The Labute approximate surface area is 167 Å². The molecule has 0 aliphatic rings. The van der Waals surface area contributed by atoms with Gasteiger partial charge in [-0.3, -0.25) is 9.59 Å². The second-order valence-electron chi connectivity index (χ2n) is 6.23. The molecule has 29 heavy (non-hydrogen) atoms. The summed E-state index contributed by atoms with van der Waals surface area (Å²) in [6.45, 7) is -0.180. The molecule has 6 nitrogen and oxygen atoms in total. The second-order valence-corrected chi connectivity index (χ2v) is 6.23. The lowest BCUT2D eigenvalue weighted by atomic mass is 9.95. The highest BCUT2D eigenvalue weighted by Gasteiger charge is 2.18. The number of carboxylic acid groups (broad SMARTS) is 1. The molecule has 3 aromatic carbocycles. The first-order valence-corrected chi connectivity index (χ1v) is 8.88. The number of amides is 1. The van der Waals surface area contributed by atoms with E-state index in [1.807, 2.05) is 0 Å². The van der Waals surface area contributed by atoms with Gasteiger partial charge in [-0.1, -0.05) is 36.4 Å². The maximum absolute atomic E-state index is 12.7. The molecule has 2 N–H and O–H groups in total. The number of hydrogen-bond acceptors (Lipinski definition) is 4. The number of ketones is 1. The van der Waals surface area contributed by atoms with Crippen molar-refractivity contribution in [3.8, 4) is 16.9 Å². The summed E-state index contributed by atoms with van der Waals surface area (Å²) < 4.78 is 5.06. The van der Waals surface area contributed by atoms with Gasteiger partial charge in [0.25, 0.3) is 5.91 Å². The van der Waals surface area contributed by atoms with Gasteiger partial charge in [0.1, 0.15) is 5.75 Å². The van der Waals surface area contributed by atoms with E-state index in [0.717, 1.165) is 0 Å². The predicted octanol–water partition coefficient (Wildman–Crippen LogP) is 3.67. The van der Waals surface area contributed by atoms with Crippen molar-refractivity contribution >= 4 is 17.7 Å². The van der Waals surface area contributed by atoms with Crippen molar-refractivity contribution in [3.63, 3.8) is 0 Å². The molecule has 146 valence electrons. The SMILES string of the molecule is COc1ccc(C(=O)CNC(=O)c2ccccc2-c2ccccc2C(=O)O)cc1. The standard InChI is InChI=1S/C23H19NO5/c1-29-16-12-10-15(11-13-16)21(25)14-24-22(26)19-8-4-2-6-17(19)18-7-3-5-9-20(18)23(27)28/h2-13H,14H2,1H3,(H,24,26)(H,27,28). The van der Waals surface area contributed by atoms with Crippen LogP contribution in [0, 0.1) is 0 Å². The normalized spacial score (nSPS) is 10.2. The van der Waals surface area contributed by atoms with Crippen LogP contribution in [0.15, 0.2) is 72.8 Å². The lowest BCUT2D eigenvalue weighted by Gasteiger charge is -2.12. The largest absolute Gasteiger partial charge is 0.497 e. The predicted molar refractivity (Wildman–Crippen MR) is 108 cm³/mol. The summed E-state index contributed by atoms with van der Waals surface area (Å²) in [7, 11) is 1.54. The molecule has 1 amide bonds. The molecule has 0 unspecified atom stereocenters.